The number of ketones is 1. The number of Topliss-reactive ketones (excluding diaryl/α,β-unsaturated/α-hetero) is 1. The Hall–Kier alpha value is -3.72. The zero-order valence-electron chi connectivity index (χ0n) is 25.7. The molecular weight excluding hydrogens is 550 g/mol. The van der Waals surface area contributed by atoms with Crippen molar-refractivity contribution in [1.82, 2.24) is 19.4 Å². The number of nitrogens with one attached hydrogen (secondary N) is 1. The molecule has 1 amide bonds. The smallest absolute Gasteiger partial charge is 0.407 e. The molecule has 234 valence electrons. The summed E-state index contributed by atoms with van der Waals surface area (Å²) < 4.78 is 25.8. The van der Waals surface area contributed by atoms with E-state index in [-0.39, 0.29) is 5.78 Å². The van der Waals surface area contributed by atoms with Crippen molar-refractivity contribution in [3.8, 4) is 0 Å². The maximum absolute atomic E-state index is 12.3. The standard InChI is InChI=1S/C32H45N5O6/c1-32(2,3)43-31(39)35-14-19-41-21-23-42-22-20-40-18-7-9-28(38)8-5-6-15-36-17-13-34-30(36)25-37-16-12-26-10-11-27(33-4)24-29(26)37/h10-13,16-17,24H,5-9,14-15,18-23,25H2,1-3H3,(H,35,39). The number of aromatic nitrogens is 3. The Morgan fingerprint density at radius 1 is 0.907 bits per heavy atom. The van der Waals surface area contributed by atoms with E-state index < -0.39 is 11.7 Å². The van der Waals surface area contributed by atoms with Crippen molar-refractivity contribution < 1.29 is 28.5 Å². The fourth-order valence-corrected chi connectivity index (χ4v) is 4.41. The molecule has 0 aliphatic heterocycles. The summed E-state index contributed by atoms with van der Waals surface area (Å²) in [6.07, 6.45) is 8.91. The van der Waals surface area contributed by atoms with Crippen LogP contribution in [-0.4, -0.2) is 77.8 Å². The number of nitrogens with zero attached hydrogens (tertiary/aromatic N) is 4. The van der Waals surface area contributed by atoms with E-state index in [1.807, 2.05) is 57.6 Å². The lowest BCUT2D eigenvalue weighted by atomic mass is 10.1. The molecule has 1 aromatic carbocycles. The molecule has 0 aliphatic carbocycles. The Morgan fingerprint density at radius 2 is 1.63 bits per heavy atom. The summed E-state index contributed by atoms with van der Waals surface area (Å²) in [5.41, 5.74) is 1.14. The highest BCUT2D eigenvalue weighted by atomic mass is 16.6. The normalized spacial score (nSPS) is 11.5. The number of fused-ring (bicyclic) bond motifs is 1. The van der Waals surface area contributed by atoms with E-state index in [0.717, 1.165) is 36.1 Å². The van der Waals surface area contributed by atoms with Crippen molar-refractivity contribution >= 4 is 28.5 Å². The average molecular weight is 596 g/mol. The van der Waals surface area contributed by atoms with E-state index in [1.54, 1.807) is 0 Å². The van der Waals surface area contributed by atoms with Crippen LogP contribution >= 0.6 is 0 Å². The van der Waals surface area contributed by atoms with E-state index in [0.29, 0.717) is 77.7 Å². The lowest BCUT2D eigenvalue weighted by molar-refractivity contribution is -0.119. The van der Waals surface area contributed by atoms with Gasteiger partial charge in [0, 0.05) is 56.6 Å². The number of alkyl carbamates (subject to hydrolysis) is 1. The molecule has 2 aromatic heterocycles. The van der Waals surface area contributed by atoms with Gasteiger partial charge in [0.2, 0.25) is 0 Å². The van der Waals surface area contributed by atoms with E-state index in [1.165, 1.54) is 0 Å². The molecule has 0 unspecified atom stereocenters. The second-order valence-corrected chi connectivity index (χ2v) is 11.2. The lowest BCUT2D eigenvalue weighted by Crippen LogP contribution is -2.34. The van der Waals surface area contributed by atoms with Crippen LogP contribution in [0.25, 0.3) is 15.7 Å². The second kappa shape index (κ2) is 18.1. The molecule has 11 nitrogen and oxygen atoms in total. The van der Waals surface area contributed by atoms with Crippen LogP contribution in [0.4, 0.5) is 10.5 Å². The molecule has 2 heterocycles. The van der Waals surface area contributed by atoms with Crippen molar-refractivity contribution in [1.29, 1.82) is 0 Å². The van der Waals surface area contributed by atoms with Crippen LogP contribution in [-0.2, 0) is 36.8 Å². The van der Waals surface area contributed by atoms with Crippen LogP contribution in [0.3, 0.4) is 0 Å². The Bertz CT molecular complexity index is 1320. The number of aryl methyl sites for hydroxylation is 1. The molecule has 0 spiro atoms. The van der Waals surface area contributed by atoms with Gasteiger partial charge in [-0.3, -0.25) is 4.79 Å². The maximum Gasteiger partial charge on any atom is 0.407 e. The summed E-state index contributed by atoms with van der Waals surface area (Å²) in [5.74, 6) is 1.22. The van der Waals surface area contributed by atoms with Crippen LogP contribution in [0.15, 0.2) is 42.9 Å². The number of benzene rings is 1. The van der Waals surface area contributed by atoms with Crippen molar-refractivity contribution in [2.24, 2.45) is 0 Å². The molecule has 0 bridgehead atoms. The first-order valence-corrected chi connectivity index (χ1v) is 14.9. The molecule has 43 heavy (non-hydrogen) atoms. The van der Waals surface area contributed by atoms with E-state index >= 15 is 0 Å². The van der Waals surface area contributed by atoms with Crippen molar-refractivity contribution in [2.45, 2.75) is 71.6 Å². The monoisotopic (exact) mass is 595 g/mol. The molecule has 1 N–H and O–H groups in total. The predicted octanol–water partition coefficient (Wildman–Crippen LogP) is 5.53. The molecule has 0 saturated heterocycles. The van der Waals surface area contributed by atoms with E-state index in [9.17, 15) is 9.59 Å². The van der Waals surface area contributed by atoms with E-state index in [2.05, 4.69) is 30.3 Å². The van der Waals surface area contributed by atoms with Crippen LogP contribution in [0.5, 0.6) is 0 Å². The molecule has 3 aromatic rings. The van der Waals surface area contributed by atoms with Gasteiger partial charge in [-0.2, -0.15) is 0 Å². The van der Waals surface area contributed by atoms with Gasteiger partial charge in [0.05, 0.1) is 46.2 Å². The minimum absolute atomic E-state index is 0.262. The Labute approximate surface area is 254 Å². The van der Waals surface area contributed by atoms with Gasteiger partial charge in [0.1, 0.15) is 17.2 Å². The predicted molar refractivity (Wildman–Crippen MR) is 164 cm³/mol. The first kappa shape index (κ1) is 33.8. The highest BCUT2D eigenvalue weighted by Gasteiger charge is 2.15. The summed E-state index contributed by atoms with van der Waals surface area (Å²) in [6.45, 7) is 17.3. The average Bonchev–Trinajstić information content (AvgIpc) is 3.59. The zero-order valence-corrected chi connectivity index (χ0v) is 25.7. The van der Waals surface area contributed by atoms with Crippen LogP contribution in [0.2, 0.25) is 0 Å². The third-order valence-corrected chi connectivity index (χ3v) is 6.51. The van der Waals surface area contributed by atoms with Gasteiger partial charge in [-0.15, -0.1) is 0 Å². The highest BCUT2D eigenvalue weighted by Crippen LogP contribution is 2.23. The van der Waals surface area contributed by atoms with Gasteiger partial charge < -0.3 is 33.4 Å². The van der Waals surface area contributed by atoms with Gasteiger partial charge >= 0.3 is 6.09 Å². The molecule has 3 rings (SSSR count). The molecule has 0 aliphatic rings. The first-order chi connectivity index (χ1) is 20.7. The van der Waals surface area contributed by atoms with E-state index in [4.69, 9.17) is 25.5 Å². The summed E-state index contributed by atoms with van der Waals surface area (Å²) >= 11 is 0. The van der Waals surface area contributed by atoms with Crippen LogP contribution in [0.1, 0.15) is 58.7 Å². The number of hydrogen-bond acceptors (Lipinski definition) is 7. The summed E-state index contributed by atoms with van der Waals surface area (Å²) in [6, 6.07) is 7.78. The van der Waals surface area contributed by atoms with Gasteiger partial charge in [0.15, 0.2) is 5.69 Å². The Morgan fingerprint density at radius 3 is 2.37 bits per heavy atom. The topological polar surface area (TPSA) is 110 Å². The third-order valence-electron chi connectivity index (χ3n) is 6.51. The summed E-state index contributed by atoms with van der Waals surface area (Å²) in [5, 5.41) is 3.74. The highest BCUT2D eigenvalue weighted by molar-refractivity contribution is 5.83. The quantitative estimate of drug-likeness (QED) is 0.135. The third kappa shape index (κ3) is 13.0. The zero-order chi connectivity index (χ0) is 30.9. The van der Waals surface area contributed by atoms with Crippen molar-refractivity contribution in [3.63, 3.8) is 0 Å². The minimum Gasteiger partial charge on any atom is -0.444 e. The van der Waals surface area contributed by atoms with Gasteiger partial charge in [0.25, 0.3) is 0 Å². The number of unbranched alkanes of at least 4 members (excludes halogenated alkanes) is 1. The van der Waals surface area contributed by atoms with Gasteiger partial charge in [-0.05, 0) is 57.6 Å². The number of carbonyl (C=O) groups excluding carboxylic acids is 2. The molecule has 0 saturated carbocycles. The van der Waals surface area contributed by atoms with Gasteiger partial charge in [-0.25, -0.2) is 14.6 Å². The molecule has 0 radical (unpaired) electrons. The number of imidazole rings is 1. The molecular formula is C32H45N5O6. The first-order valence-electron chi connectivity index (χ1n) is 14.9. The SMILES string of the molecule is [C-]#[N+]c1ccc2ccn(Cc3nccn3CCCCC(=O)CCCOCCOCCOCCNC(=O)OC(C)(C)C)c2c1. The van der Waals surface area contributed by atoms with Gasteiger partial charge in [-0.1, -0.05) is 12.1 Å². The van der Waals surface area contributed by atoms with Crippen molar-refractivity contribution in [3.05, 3.63) is 60.1 Å². The lowest BCUT2D eigenvalue weighted by Gasteiger charge is -2.19. The maximum atomic E-state index is 12.3. The molecule has 11 heteroatoms. The number of hydrogen-bond donors (Lipinski definition) is 1. The number of amides is 1. The Kier molecular flexibility index (Phi) is 14.2. The second-order valence-electron chi connectivity index (χ2n) is 11.2. The molecule has 0 fully saturated rings. The van der Waals surface area contributed by atoms with Crippen LogP contribution < -0.4 is 5.32 Å². The number of ether oxygens (including phenoxy) is 4. The fourth-order valence-electron chi connectivity index (χ4n) is 4.41. The number of carbonyl (C=O) groups is 2. The Balaban J connectivity index is 1.15. The largest absolute Gasteiger partial charge is 0.444 e. The fraction of sp³-hybridized carbons (Fsp3) is 0.562. The van der Waals surface area contributed by atoms with Crippen LogP contribution in [0, 0.1) is 6.57 Å². The summed E-state index contributed by atoms with van der Waals surface area (Å²) in [7, 11) is 0. The van der Waals surface area contributed by atoms with Crippen molar-refractivity contribution in [2.75, 3.05) is 46.2 Å². The minimum atomic E-state index is -0.516. The summed E-state index contributed by atoms with van der Waals surface area (Å²) in [4.78, 5) is 31.9. The number of rotatable bonds is 20. The molecule has 0 atom stereocenters.